The molecule has 1 N–H and O–H groups in total. The molecule has 2 rings (SSSR count). The normalized spacial score (nSPS) is 12.4. The van der Waals surface area contributed by atoms with Crippen LogP contribution in [0.1, 0.15) is 31.1 Å². The van der Waals surface area contributed by atoms with E-state index >= 15 is 0 Å². The van der Waals surface area contributed by atoms with Gasteiger partial charge in [0.2, 0.25) is 0 Å². The fraction of sp³-hybridized carbons (Fsp3) is 0.438. The van der Waals surface area contributed by atoms with Crippen LogP contribution in [0.4, 0.5) is 4.39 Å². The lowest BCUT2D eigenvalue weighted by Gasteiger charge is -2.17. The number of hydrogen-bond acceptors (Lipinski definition) is 3. The summed E-state index contributed by atoms with van der Waals surface area (Å²) in [4.78, 5) is 0. The third-order valence-corrected chi connectivity index (χ3v) is 3.49. The van der Waals surface area contributed by atoms with Crippen molar-refractivity contribution >= 4 is 0 Å². The maximum Gasteiger partial charge on any atom is 0.126 e. The van der Waals surface area contributed by atoms with Crippen molar-refractivity contribution in [2.75, 3.05) is 13.2 Å². The standard InChI is InChI=1S/C16H22FN3O/c1-4-18-12(2)15-6-5-13(17)11-16(15)21-10-8-14-7-9-19-20(14)3/h5-7,9,11-12,18H,4,8,10H2,1-3H3. The Morgan fingerprint density at radius 2 is 2.19 bits per heavy atom. The van der Waals surface area contributed by atoms with E-state index in [1.807, 2.05) is 31.6 Å². The molecule has 0 fully saturated rings. The molecule has 1 unspecified atom stereocenters. The molecular weight excluding hydrogens is 269 g/mol. The van der Waals surface area contributed by atoms with E-state index in [2.05, 4.69) is 10.4 Å². The Morgan fingerprint density at radius 3 is 2.86 bits per heavy atom. The lowest BCUT2D eigenvalue weighted by Crippen LogP contribution is -2.19. The Morgan fingerprint density at radius 1 is 1.38 bits per heavy atom. The van der Waals surface area contributed by atoms with Crippen molar-refractivity contribution in [1.82, 2.24) is 15.1 Å². The first-order chi connectivity index (χ1) is 10.1. The molecule has 21 heavy (non-hydrogen) atoms. The molecule has 5 heteroatoms. The van der Waals surface area contributed by atoms with Gasteiger partial charge in [0, 0.05) is 43.0 Å². The first-order valence-corrected chi connectivity index (χ1v) is 7.24. The fourth-order valence-electron chi connectivity index (χ4n) is 2.32. The highest BCUT2D eigenvalue weighted by atomic mass is 19.1. The largest absolute Gasteiger partial charge is 0.493 e. The van der Waals surface area contributed by atoms with Crippen LogP contribution < -0.4 is 10.1 Å². The van der Waals surface area contributed by atoms with Gasteiger partial charge >= 0.3 is 0 Å². The fourth-order valence-corrected chi connectivity index (χ4v) is 2.32. The molecule has 0 saturated heterocycles. The van der Waals surface area contributed by atoms with Crippen LogP contribution in [0, 0.1) is 5.82 Å². The number of halogens is 1. The maximum absolute atomic E-state index is 13.4. The molecule has 0 aliphatic heterocycles. The van der Waals surface area contributed by atoms with Crippen molar-refractivity contribution in [3.63, 3.8) is 0 Å². The molecule has 1 atom stereocenters. The molecule has 4 nitrogen and oxygen atoms in total. The van der Waals surface area contributed by atoms with Gasteiger partial charge < -0.3 is 10.1 Å². The van der Waals surface area contributed by atoms with Crippen LogP contribution in [0.2, 0.25) is 0 Å². The number of aromatic nitrogens is 2. The van der Waals surface area contributed by atoms with Crippen LogP contribution in [0.3, 0.4) is 0 Å². The average molecular weight is 291 g/mol. The topological polar surface area (TPSA) is 39.1 Å². The second-order valence-corrected chi connectivity index (χ2v) is 5.01. The van der Waals surface area contributed by atoms with E-state index in [4.69, 9.17) is 4.74 Å². The smallest absolute Gasteiger partial charge is 0.126 e. The number of ether oxygens (including phenoxy) is 1. The lowest BCUT2D eigenvalue weighted by molar-refractivity contribution is 0.310. The summed E-state index contributed by atoms with van der Waals surface area (Å²) in [5.74, 6) is 0.323. The lowest BCUT2D eigenvalue weighted by atomic mass is 10.1. The maximum atomic E-state index is 13.4. The van der Waals surface area contributed by atoms with Crippen molar-refractivity contribution in [1.29, 1.82) is 0 Å². The van der Waals surface area contributed by atoms with E-state index in [1.54, 1.807) is 12.3 Å². The zero-order valence-electron chi connectivity index (χ0n) is 12.8. The van der Waals surface area contributed by atoms with Gasteiger partial charge in [-0.15, -0.1) is 0 Å². The third-order valence-electron chi connectivity index (χ3n) is 3.49. The molecule has 1 aromatic heterocycles. The van der Waals surface area contributed by atoms with Gasteiger partial charge in [0.25, 0.3) is 0 Å². The number of benzene rings is 1. The van der Waals surface area contributed by atoms with Gasteiger partial charge in [-0.1, -0.05) is 13.0 Å². The molecule has 0 bridgehead atoms. The molecular formula is C16H22FN3O. The van der Waals surface area contributed by atoms with Crippen molar-refractivity contribution in [2.24, 2.45) is 7.05 Å². The van der Waals surface area contributed by atoms with Crippen LogP contribution in [0.25, 0.3) is 0 Å². The first kappa shape index (κ1) is 15.5. The average Bonchev–Trinajstić information content (AvgIpc) is 2.85. The van der Waals surface area contributed by atoms with Gasteiger partial charge in [-0.25, -0.2) is 4.39 Å². The second kappa shape index (κ2) is 7.22. The van der Waals surface area contributed by atoms with Crippen LogP contribution in [-0.4, -0.2) is 22.9 Å². The number of rotatable bonds is 7. The van der Waals surface area contributed by atoms with Crippen LogP contribution in [-0.2, 0) is 13.5 Å². The highest BCUT2D eigenvalue weighted by Crippen LogP contribution is 2.26. The van der Waals surface area contributed by atoms with Gasteiger partial charge in [-0.2, -0.15) is 5.10 Å². The molecule has 1 heterocycles. The Kier molecular flexibility index (Phi) is 5.33. The first-order valence-electron chi connectivity index (χ1n) is 7.24. The van der Waals surface area contributed by atoms with E-state index in [1.165, 1.54) is 12.1 Å². The number of nitrogens with zero attached hydrogens (tertiary/aromatic N) is 2. The summed E-state index contributed by atoms with van der Waals surface area (Å²) >= 11 is 0. The molecule has 114 valence electrons. The van der Waals surface area contributed by atoms with Crippen LogP contribution in [0.15, 0.2) is 30.5 Å². The second-order valence-electron chi connectivity index (χ2n) is 5.01. The van der Waals surface area contributed by atoms with Crippen LogP contribution >= 0.6 is 0 Å². The predicted molar refractivity (Wildman–Crippen MR) is 80.9 cm³/mol. The minimum atomic E-state index is -0.280. The van der Waals surface area contributed by atoms with E-state index in [-0.39, 0.29) is 11.9 Å². The van der Waals surface area contributed by atoms with E-state index in [9.17, 15) is 4.39 Å². The minimum absolute atomic E-state index is 0.127. The van der Waals surface area contributed by atoms with E-state index < -0.39 is 0 Å². The molecule has 0 radical (unpaired) electrons. The summed E-state index contributed by atoms with van der Waals surface area (Å²) in [6.45, 7) is 5.44. The molecule has 0 aliphatic rings. The Hall–Kier alpha value is -1.88. The zero-order chi connectivity index (χ0) is 15.2. The summed E-state index contributed by atoms with van der Waals surface area (Å²) in [6, 6.07) is 6.78. The van der Waals surface area contributed by atoms with Crippen molar-refractivity contribution in [3.8, 4) is 5.75 Å². The molecule has 1 aromatic carbocycles. The van der Waals surface area contributed by atoms with Gasteiger partial charge in [-0.05, 0) is 25.6 Å². The summed E-state index contributed by atoms with van der Waals surface area (Å²) < 4.78 is 21.1. The highest BCUT2D eigenvalue weighted by Gasteiger charge is 2.12. The number of aryl methyl sites for hydroxylation is 1. The van der Waals surface area contributed by atoms with Gasteiger partial charge in [0.1, 0.15) is 11.6 Å². The molecule has 0 saturated carbocycles. The molecule has 2 aromatic rings. The van der Waals surface area contributed by atoms with Gasteiger partial charge in [0.15, 0.2) is 0 Å². The predicted octanol–water partition coefficient (Wildman–Crippen LogP) is 2.85. The third kappa shape index (κ3) is 4.04. The number of hydrogen-bond donors (Lipinski definition) is 1. The van der Waals surface area contributed by atoms with Crippen molar-refractivity contribution < 1.29 is 9.13 Å². The van der Waals surface area contributed by atoms with Gasteiger partial charge in [0.05, 0.1) is 6.61 Å². The molecule has 0 amide bonds. The van der Waals surface area contributed by atoms with Crippen molar-refractivity contribution in [3.05, 3.63) is 47.5 Å². The minimum Gasteiger partial charge on any atom is -0.493 e. The summed E-state index contributed by atoms with van der Waals surface area (Å²) in [7, 11) is 1.90. The van der Waals surface area contributed by atoms with Crippen molar-refractivity contribution in [2.45, 2.75) is 26.3 Å². The summed E-state index contributed by atoms with van der Waals surface area (Å²) in [5.41, 5.74) is 2.07. The van der Waals surface area contributed by atoms with E-state index in [0.717, 1.165) is 24.2 Å². The monoisotopic (exact) mass is 291 g/mol. The summed E-state index contributed by atoms with van der Waals surface area (Å²) in [6.07, 6.45) is 2.50. The number of nitrogens with one attached hydrogen (secondary N) is 1. The van der Waals surface area contributed by atoms with E-state index in [0.29, 0.717) is 12.4 Å². The molecule has 0 aliphatic carbocycles. The summed E-state index contributed by atoms with van der Waals surface area (Å²) in [5, 5.41) is 7.44. The SMILES string of the molecule is CCNC(C)c1ccc(F)cc1OCCc1ccnn1C. The van der Waals surface area contributed by atoms with Crippen LogP contribution in [0.5, 0.6) is 5.75 Å². The molecule has 0 spiro atoms. The highest BCUT2D eigenvalue weighted by molar-refractivity contribution is 5.36. The zero-order valence-corrected chi connectivity index (χ0v) is 12.8. The Labute approximate surface area is 124 Å². The van der Waals surface area contributed by atoms with Gasteiger partial charge in [-0.3, -0.25) is 4.68 Å². The Balaban J connectivity index is 2.04. The quantitative estimate of drug-likeness (QED) is 0.852. The Bertz CT molecular complexity index is 583.